The van der Waals surface area contributed by atoms with E-state index in [0.29, 0.717) is 24.2 Å². The fourth-order valence-electron chi connectivity index (χ4n) is 2.69. The molecule has 134 valence electrons. The minimum absolute atomic E-state index is 0.150. The predicted octanol–water partition coefficient (Wildman–Crippen LogP) is 3.01. The fourth-order valence-corrected chi connectivity index (χ4v) is 2.69. The predicted molar refractivity (Wildman–Crippen MR) is 98.8 cm³/mol. The third-order valence-corrected chi connectivity index (χ3v) is 4.02. The lowest BCUT2D eigenvalue weighted by atomic mass is 10.1. The fraction of sp³-hybridized carbons (Fsp3) is 0.200. The molecule has 6 heteroatoms. The molecule has 2 aromatic carbocycles. The van der Waals surface area contributed by atoms with E-state index in [4.69, 9.17) is 4.42 Å². The van der Waals surface area contributed by atoms with E-state index < -0.39 is 5.63 Å². The topological polar surface area (TPSA) is 71.3 Å². The Balaban J connectivity index is 1.52. The van der Waals surface area contributed by atoms with Crippen LogP contribution in [0.5, 0.6) is 0 Å². The van der Waals surface area contributed by atoms with E-state index in [0.717, 1.165) is 16.5 Å². The second-order valence-corrected chi connectivity index (χ2v) is 6.06. The SMILES string of the molecule is Cc1cc(=O)oc2cc(NC(=O)CNCCc3ccc(F)cc3)ccc12. The van der Waals surface area contributed by atoms with Gasteiger partial charge in [0.2, 0.25) is 5.91 Å². The second kappa shape index (κ2) is 7.93. The summed E-state index contributed by atoms with van der Waals surface area (Å²) in [7, 11) is 0. The number of nitrogens with one attached hydrogen (secondary N) is 2. The quantitative estimate of drug-likeness (QED) is 0.527. The van der Waals surface area contributed by atoms with Crippen molar-refractivity contribution in [3.05, 3.63) is 75.9 Å². The molecule has 0 aliphatic heterocycles. The molecule has 0 bridgehead atoms. The van der Waals surface area contributed by atoms with Crippen molar-refractivity contribution in [2.24, 2.45) is 0 Å². The van der Waals surface area contributed by atoms with Crippen molar-refractivity contribution in [2.75, 3.05) is 18.4 Å². The molecule has 1 heterocycles. The van der Waals surface area contributed by atoms with Crippen LogP contribution >= 0.6 is 0 Å². The number of carbonyl (C=O) groups excluding carboxylic acids is 1. The van der Waals surface area contributed by atoms with Gasteiger partial charge in [0.15, 0.2) is 0 Å². The average Bonchev–Trinajstić information content (AvgIpc) is 2.60. The Morgan fingerprint density at radius 1 is 1.12 bits per heavy atom. The molecular formula is C20H19FN2O3. The zero-order valence-electron chi connectivity index (χ0n) is 14.3. The summed E-state index contributed by atoms with van der Waals surface area (Å²) < 4.78 is 18.0. The maximum atomic E-state index is 12.8. The van der Waals surface area contributed by atoms with Crippen LogP contribution in [0.1, 0.15) is 11.1 Å². The highest BCUT2D eigenvalue weighted by atomic mass is 19.1. The van der Waals surface area contributed by atoms with E-state index in [1.807, 2.05) is 13.0 Å². The van der Waals surface area contributed by atoms with Gasteiger partial charge in [-0.25, -0.2) is 9.18 Å². The monoisotopic (exact) mass is 354 g/mol. The lowest BCUT2D eigenvalue weighted by Gasteiger charge is -2.08. The number of hydrogen-bond acceptors (Lipinski definition) is 4. The van der Waals surface area contributed by atoms with E-state index in [1.54, 1.807) is 24.3 Å². The molecular weight excluding hydrogens is 335 g/mol. The summed E-state index contributed by atoms with van der Waals surface area (Å²) in [5.74, 6) is -0.457. The first-order valence-corrected chi connectivity index (χ1v) is 8.31. The van der Waals surface area contributed by atoms with Crippen molar-refractivity contribution in [1.82, 2.24) is 5.32 Å². The molecule has 0 aliphatic rings. The molecule has 26 heavy (non-hydrogen) atoms. The number of rotatable bonds is 6. The van der Waals surface area contributed by atoms with Gasteiger partial charge in [0, 0.05) is 23.2 Å². The van der Waals surface area contributed by atoms with Gasteiger partial charge in [0.1, 0.15) is 11.4 Å². The van der Waals surface area contributed by atoms with Gasteiger partial charge in [0.05, 0.1) is 6.54 Å². The number of halogens is 1. The van der Waals surface area contributed by atoms with Crippen LogP contribution in [0.4, 0.5) is 10.1 Å². The molecule has 1 amide bonds. The normalized spacial score (nSPS) is 10.8. The molecule has 1 aromatic heterocycles. The summed E-state index contributed by atoms with van der Waals surface area (Å²) in [5.41, 5.74) is 2.42. The number of carbonyl (C=O) groups is 1. The van der Waals surface area contributed by atoms with Gasteiger partial charge < -0.3 is 15.1 Å². The molecule has 0 saturated carbocycles. The number of hydrogen-bond donors (Lipinski definition) is 2. The highest BCUT2D eigenvalue weighted by molar-refractivity contribution is 5.94. The first-order chi connectivity index (χ1) is 12.5. The maximum Gasteiger partial charge on any atom is 0.336 e. The molecule has 3 aromatic rings. The molecule has 5 nitrogen and oxygen atoms in total. The van der Waals surface area contributed by atoms with Crippen LogP contribution in [0.25, 0.3) is 11.0 Å². The van der Waals surface area contributed by atoms with Gasteiger partial charge in [-0.15, -0.1) is 0 Å². The largest absolute Gasteiger partial charge is 0.423 e. The summed E-state index contributed by atoms with van der Waals surface area (Å²) >= 11 is 0. The molecule has 0 radical (unpaired) electrons. The highest BCUT2D eigenvalue weighted by Crippen LogP contribution is 2.20. The first kappa shape index (κ1) is 17.8. The van der Waals surface area contributed by atoms with Gasteiger partial charge in [-0.2, -0.15) is 0 Å². The van der Waals surface area contributed by atoms with E-state index in [2.05, 4.69) is 10.6 Å². The van der Waals surface area contributed by atoms with Crippen LogP contribution < -0.4 is 16.3 Å². The zero-order chi connectivity index (χ0) is 18.5. The summed E-state index contributed by atoms with van der Waals surface area (Å²) in [5, 5.41) is 6.64. The van der Waals surface area contributed by atoms with Gasteiger partial charge in [0.25, 0.3) is 0 Å². The molecule has 0 spiro atoms. The van der Waals surface area contributed by atoms with E-state index >= 15 is 0 Å². The van der Waals surface area contributed by atoms with Crippen LogP contribution in [0.3, 0.4) is 0 Å². The molecule has 0 aliphatic carbocycles. The Kier molecular flexibility index (Phi) is 5.43. The van der Waals surface area contributed by atoms with Crippen molar-refractivity contribution < 1.29 is 13.6 Å². The van der Waals surface area contributed by atoms with Crippen molar-refractivity contribution in [2.45, 2.75) is 13.3 Å². The van der Waals surface area contributed by atoms with Crippen LogP contribution in [-0.4, -0.2) is 19.0 Å². The van der Waals surface area contributed by atoms with Crippen molar-refractivity contribution in [3.8, 4) is 0 Å². The minimum atomic E-state index is -0.416. The molecule has 3 rings (SSSR count). The number of fused-ring (bicyclic) bond motifs is 1. The standard InChI is InChI=1S/C20H19FN2O3/c1-13-10-20(25)26-18-11-16(6-7-17(13)18)23-19(24)12-22-9-8-14-2-4-15(21)5-3-14/h2-7,10-11,22H,8-9,12H2,1H3,(H,23,24). The highest BCUT2D eigenvalue weighted by Gasteiger charge is 2.06. The number of amides is 1. The lowest BCUT2D eigenvalue weighted by molar-refractivity contribution is -0.115. The average molecular weight is 354 g/mol. The number of aryl methyl sites for hydroxylation is 1. The van der Waals surface area contributed by atoms with Crippen LogP contribution in [0.2, 0.25) is 0 Å². The summed E-state index contributed by atoms with van der Waals surface area (Å²) in [6.07, 6.45) is 0.702. The van der Waals surface area contributed by atoms with Crippen molar-refractivity contribution >= 4 is 22.6 Å². The van der Waals surface area contributed by atoms with Crippen LogP contribution in [0, 0.1) is 12.7 Å². The molecule has 0 atom stereocenters. The Bertz CT molecular complexity index is 981. The van der Waals surface area contributed by atoms with E-state index in [1.165, 1.54) is 18.2 Å². The van der Waals surface area contributed by atoms with Crippen LogP contribution in [0.15, 0.2) is 57.7 Å². The number of anilines is 1. The maximum absolute atomic E-state index is 12.8. The molecule has 0 unspecified atom stereocenters. The molecule has 2 N–H and O–H groups in total. The summed E-state index contributed by atoms with van der Waals surface area (Å²) in [4.78, 5) is 23.5. The van der Waals surface area contributed by atoms with Gasteiger partial charge in [-0.3, -0.25) is 4.79 Å². The Morgan fingerprint density at radius 3 is 2.65 bits per heavy atom. The van der Waals surface area contributed by atoms with Gasteiger partial charge in [-0.1, -0.05) is 12.1 Å². The summed E-state index contributed by atoms with van der Waals surface area (Å²) in [6.45, 7) is 2.59. The Morgan fingerprint density at radius 2 is 1.88 bits per heavy atom. The lowest BCUT2D eigenvalue weighted by Crippen LogP contribution is -2.29. The van der Waals surface area contributed by atoms with E-state index in [-0.39, 0.29) is 18.3 Å². The molecule has 0 fully saturated rings. The zero-order valence-corrected chi connectivity index (χ0v) is 14.3. The van der Waals surface area contributed by atoms with Gasteiger partial charge >= 0.3 is 5.63 Å². The Hall–Kier alpha value is -2.99. The van der Waals surface area contributed by atoms with Crippen molar-refractivity contribution in [3.63, 3.8) is 0 Å². The van der Waals surface area contributed by atoms with E-state index in [9.17, 15) is 14.0 Å². The summed E-state index contributed by atoms with van der Waals surface area (Å²) in [6, 6.07) is 12.9. The minimum Gasteiger partial charge on any atom is -0.423 e. The third-order valence-electron chi connectivity index (χ3n) is 4.02. The number of benzene rings is 2. The Labute approximate surface area is 149 Å². The van der Waals surface area contributed by atoms with Crippen LogP contribution in [-0.2, 0) is 11.2 Å². The second-order valence-electron chi connectivity index (χ2n) is 6.06. The molecule has 0 saturated heterocycles. The van der Waals surface area contributed by atoms with Gasteiger partial charge in [-0.05, 0) is 55.3 Å². The third kappa shape index (κ3) is 4.55. The van der Waals surface area contributed by atoms with Crippen molar-refractivity contribution in [1.29, 1.82) is 0 Å². The first-order valence-electron chi connectivity index (χ1n) is 8.31. The smallest absolute Gasteiger partial charge is 0.336 e.